The molecule has 4 N–H and O–H groups in total. The van der Waals surface area contributed by atoms with Gasteiger partial charge < -0.3 is 20.9 Å². The number of nitrogens with two attached hydrogens (primary N) is 1. The van der Waals surface area contributed by atoms with E-state index in [4.69, 9.17) is 10.5 Å². The lowest BCUT2D eigenvalue weighted by Gasteiger charge is -2.11. The molecule has 0 spiro atoms. The van der Waals surface area contributed by atoms with Crippen LogP contribution in [-0.4, -0.2) is 18.1 Å². The number of rotatable bonds is 3. The van der Waals surface area contributed by atoms with Crippen LogP contribution in [0, 0.1) is 0 Å². The molecule has 0 fully saturated rings. The smallest absolute Gasteiger partial charge is 0.255 e. The standard InChI is InChI=1S/C14H13BrN2O3/c1-20-13-5-3-9(16)7-11(13)17-14(19)8-2-4-10(15)12(18)6-8/h2-7,18H,16H2,1H3,(H,17,19). The van der Waals surface area contributed by atoms with Crippen LogP contribution >= 0.6 is 15.9 Å². The maximum absolute atomic E-state index is 12.1. The summed E-state index contributed by atoms with van der Waals surface area (Å²) in [6.07, 6.45) is 0. The number of phenols is 1. The number of aromatic hydroxyl groups is 1. The van der Waals surface area contributed by atoms with Gasteiger partial charge in [0.15, 0.2) is 0 Å². The van der Waals surface area contributed by atoms with Gasteiger partial charge in [0.25, 0.3) is 5.91 Å². The Hall–Kier alpha value is -2.21. The number of amides is 1. The molecule has 2 aromatic rings. The number of carbonyl (C=O) groups is 1. The largest absolute Gasteiger partial charge is 0.507 e. The van der Waals surface area contributed by atoms with Crippen molar-refractivity contribution in [3.05, 3.63) is 46.4 Å². The van der Waals surface area contributed by atoms with Gasteiger partial charge in [-0.15, -0.1) is 0 Å². The topological polar surface area (TPSA) is 84.6 Å². The summed E-state index contributed by atoms with van der Waals surface area (Å²) in [6.45, 7) is 0. The van der Waals surface area contributed by atoms with Crippen LogP contribution in [0.15, 0.2) is 40.9 Å². The van der Waals surface area contributed by atoms with Gasteiger partial charge in [0.1, 0.15) is 11.5 Å². The Kier molecular flexibility index (Phi) is 4.14. The Balaban J connectivity index is 2.27. The lowest BCUT2D eigenvalue weighted by molar-refractivity contribution is 0.102. The molecule has 0 unspecified atom stereocenters. The van der Waals surface area contributed by atoms with Crippen molar-refractivity contribution in [2.24, 2.45) is 0 Å². The number of anilines is 2. The number of hydrogen-bond donors (Lipinski definition) is 3. The van der Waals surface area contributed by atoms with Gasteiger partial charge in [-0.3, -0.25) is 4.79 Å². The highest BCUT2D eigenvalue weighted by Gasteiger charge is 2.11. The van der Waals surface area contributed by atoms with Gasteiger partial charge in [-0.25, -0.2) is 0 Å². The van der Waals surface area contributed by atoms with Crippen LogP contribution in [0.1, 0.15) is 10.4 Å². The number of carbonyl (C=O) groups excluding carboxylic acids is 1. The van der Waals surface area contributed by atoms with Gasteiger partial charge in [0, 0.05) is 11.3 Å². The van der Waals surface area contributed by atoms with Crippen molar-refractivity contribution in [1.29, 1.82) is 0 Å². The minimum Gasteiger partial charge on any atom is -0.507 e. The third-order valence-electron chi connectivity index (χ3n) is 2.68. The molecule has 0 aromatic heterocycles. The molecule has 0 aliphatic carbocycles. The second kappa shape index (κ2) is 5.83. The zero-order chi connectivity index (χ0) is 14.7. The van der Waals surface area contributed by atoms with Crippen molar-refractivity contribution < 1.29 is 14.6 Å². The van der Waals surface area contributed by atoms with Crippen molar-refractivity contribution in [3.8, 4) is 11.5 Å². The summed E-state index contributed by atoms with van der Waals surface area (Å²) < 4.78 is 5.68. The average molecular weight is 337 g/mol. The van der Waals surface area contributed by atoms with Crippen molar-refractivity contribution in [2.45, 2.75) is 0 Å². The number of methoxy groups -OCH3 is 1. The number of halogens is 1. The highest BCUT2D eigenvalue weighted by atomic mass is 79.9. The lowest BCUT2D eigenvalue weighted by atomic mass is 10.2. The van der Waals surface area contributed by atoms with E-state index in [1.807, 2.05) is 0 Å². The molecule has 0 bridgehead atoms. The van der Waals surface area contributed by atoms with Crippen LogP contribution in [0.25, 0.3) is 0 Å². The number of nitrogens with one attached hydrogen (secondary N) is 1. The van der Waals surface area contributed by atoms with E-state index in [-0.39, 0.29) is 11.7 Å². The Morgan fingerprint density at radius 1 is 1.30 bits per heavy atom. The fourth-order valence-electron chi connectivity index (χ4n) is 1.67. The predicted octanol–water partition coefficient (Wildman–Crippen LogP) is 3.00. The lowest BCUT2D eigenvalue weighted by Crippen LogP contribution is -2.12. The summed E-state index contributed by atoms with van der Waals surface area (Å²) in [6, 6.07) is 9.52. The van der Waals surface area contributed by atoms with E-state index in [0.717, 1.165) is 0 Å². The van der Waals surface area contributed by atoms with Gasteiger partial charge in [-0.05, 0) is 52.3 Å². The van der Waals surface area contributed by atoms with Gasteiger partial charge in [-0.1, -0.05) is 0 Å². The SMILES string of the molecule is COc1ccc(N)cc1NC(=O)c1ccc(Br)c(O)c1. The molecule has 0 heterocycles. The summed E-state index contributed by atoms with van der Waals surface area (Å²) in [7, 11) is 1.51. The quantitative estimate of drug-likeness (QED) is 0.752. The van der Waals surface area contributed by atoms with Gasteiger partial charge in [0.2, 0.25) is 0 Å². The molecular weight excluding hydrogens is 324 g/mol. The van der Waals surface area contributed by atoms with Crippen LogP contribution in [0.4, 0.5) is 11.4 Å². The molecule has 1 amide bonds. The summed E-state index contributed by atoms with van der Waals surface area (Å²) in [5.74, 6) is 0.141. The molecule has 2 aromatic carbocycles. The van der Waals surface area contributed by atoms with E-state index < -0.39 is 0 Å². The molecule has 0 radical (unpaired) electrons. The Morgan fingerprint density at radius 3 is 2.70 bits per heavy atom. The molecule has 0 saturated carbocycles. The first-order valence-corrected chi connectivity index (χ1v) is 6.54. The van der Waals surface area contributed by atoms with Crippen molar-refractivity contribution >= 4 is 33.2 Å². The molecule has 104 valence electrons. The second-order valence-electron chi connectivity index (χ2n) is 4.08. The molecule has 2 rings (SSSR count). The average Bonchev–Trinajstić information content (AvgIpc) is 2.42. The van der Waals surface area contributed by atoms with E-state index in [1.165, 1.54) is 13.2 Å². The van der Waals surface area contributed by atoms with E-state index >= 15 is 0 Å². The third kappa shape index (κ3) is 3.03. The summed E-state index contributed by atoms with van der Waals surface area (Å²) in [5, 5.41) is 12.3. The van der Waals surface area contributed by atoms with Crippen LogP contribution in [0.3, 0.4) is 0 Å². The first kappa shape index (κ1) is 14.2. The van der Waals surface area contributed by atoms with E-state index in [1.54, 1.807) is 30.3 Å². The number of nitrogen functional groups attached to an aromatic ring is 1. The zero-order valence-electron chi connectivity index (χ0n) is 10.7. The van der Waals surface area contributed by atoms with Gasteiger partial charge in [0.05, 0.1) is 17.3 Å². The first-order valence-electron chi connectivity index (χ1n) is 5.74. The highest BCUT2D eigenvalue weighted by molar-refractivity contribution is 9.10. The predicted molar refractivity (Wildman–Crippen MR) is 81.2 cm³/mol. The van der Waals surface area contributed by atoms with Gasteiger partial charge in [-0.2, -0.15) is 0 Å². The number of ether oxygens (including phenoxy) is 1. The van der Waals surface area contributed by atoms with Crippen LogP contribution < -0.4 is 15.8 Å². The molecular formula is C14H13BrN2O3. The summed E-state index contributed by atoms with van der Waals surface area (Å²) in [4.78, 5) is 12.1. The molecule has 6 heteroatoms. The van der Waals surface area contributed by atoms with E-state index in [0.29, 0.717) is 27.2 Å². The molecule has 0 atom stereocenters. The number of hydrogen-bond acceptors (Lipinski definition) is 4. The Bertz CT molecular complexity index is 659. The fraction of sp³-hybridized carbons (Fsp3) is 0.0714. The monoisotopic (exact) mass is 336 g/mol. The maximum Gasteiger partial charge on any atom is 0.255 e. The molecule has 5 nitrogen and oxygen atoms in total. The van der Waals surface area contributed by atoms with Crippen molar-refractivity contribution in [2.75, 3.05) is 18.2 Å². The normalized spacial score (nSPS) is 10.1. The van der Waals surface area contributed by atoms with Crippen LogP contribution in [0.2, 0.25) is 0 Å². The number of phenolic OH excluding ortho intramolecular Hbond substituents is 1. The van der Waals surface area contributed by atoms with E-state index in [2.05, 4.69) is 21.2 Å². The van der Waals surface area contributed by atoms with Crippen LogP contribution in [-0.2, 0) is 0 Å². The van der Waals surface area contributed by atoms with Gasteiger partial charge >= 0.3 is 0 Å². The molecule has 0 aliphatic heterocycles. The summed E-state index contributed by atoms with van der Waals surface area (Å²) >= 11 is 3.16. The molecule has 0 saturated heterocycles. The van der Waals surface area contributed by atoms with Crippen molar-refractivity contribution in [1.82, 2.24) is 0 Å². The van der Waals surface area contributed by atoms with Crippen molar-refractivity contribution in [3.63, 3.8) is 0 Å². The number of benzene rings is 2. The Morgan fingerprint density at radius 2 is 2.05 bits per heavy atom. The second-order valence-corrected chi connectivity index (χ2v) is 4.93. The molecule has 0 aliphatic rings. The van der Waals surface area contributed by atoms with E-state index in [9.17, 15) is 9.90 Å². The first-order chi connectivity index (χ1) is 9.51. The zero-order valence-corrected chi connectivity index (χ0v) is 12.3. The Labute approximate surface area is 124 Å². The maximum atomic E-state index is 12.1. The third-order valence-corrected chi connectivity index (χ3v) is 3.35. The molecule has 20 heavy (non-hydrogen) atoms. The highest BCUT2D eigenvalue weighted by Crippen LogP contribution is 2.28. The minimum absolute atomic E-state index is 0.00260. The fourth-order valence-corrected chi connectivity index (χ4v) is 1.92. The minimum atomic E-state index is -0.364. The summed E-state index contributed by atoms with van der Waals surface area (Å²) in [5.41, 5.74) is 7.00. The van der Waals surface area contributed by atoms with Crippen LogP contribution in [0.5, 0.6) is 11.5 Å².